The highest BCUT2D eigenvalue weighted by atomic mass is 19.4. The highest BCUT2D eigenvalue weighted by molar-refractivity contribution is 5.96. The molecule has 3 N–H and O–H groups in total. The molecule has 0 spiro atoms. The molecule has 39 heavy (non-hydrogen) atoms. The van der Waals surface area contributed by atoms with Crippen molar-refractivity contribution in [2.24, 2.45) is 0 Å². The van der Waals surface area contributed by atoms with Crippen LogP contribution >= 0.6 is 0 Å². The van der Waals surface area contributed by atoms with Crippen molar-refractivity contribution < 1.29 is 27.9 Å². The molecule has 2 fully saturated rings. The van der Waals surface area contributed by atoms with Crippen molar-refractivity contribution in [2.45, 2.75) is 81.6 Å². The number of aryl methyl sites for hydroxylation is 1. The number of hydrogen-bond acceptors (Lipinski definition) is 6. The van der Waals surface area contributed by atoms with Crippen LogP contribution in [0.15, 0.2) is 42.6 Å². The first-order chi connectivity index (χ1) is 18.6. The van der Waals surface area contributed by atoms with Crippen molar-refractivity contribution >= 4 is 11.8 Å². The second-order valence-electron chi connectivity index (χ2n) is 10.7. The normalized spacial score (nSPS) is 23.5. The molecule has 2 aromatic rings. The number of likely N-dealkylation sites (tertiary alicyclic amines) is 1. The lowest BCUT2D eigenvalue weighted by atomic mass is 9.79. The summed E-state index contributed by atoms with van der Waals surface area (Å²) in [4.78, 5) is 26.6. The fourth-order valence-electron chi connectivity index (χ4n) is 5.46. The fourth-order valence-corrected chi connectivity index (χ4v) is 5.46. The lowest BCUT2D eigenvalue weighted by Crippen LogP contribution is -2.46. The average Bonchev–Trinajstić information content (AvgIpc) is 3.40. The van der Waals surface area contributed by atoms with E-state index in [0.717, 1.165) is 75.6 Å². The lowest BCUT2D eigenvalue weighted by molar-refractivity contribution is -0.137. The Bertz CT molecular complexity index is 1110. The van der Waals surface area contributed by atoms with Crippen LogP contribution in [0, 0.1) is 0 Å². The van der Waals surface area contributed by atoms with Crippen molar-refractivity contribution in [3.05, 3.63) is 59.4 Å². The summed E-state index contributed by atoms with van der Waals surface area (Å²) in [5, 5.41) is 25.1. The number of benzene rings is 1. The molecule has 2 amide bonds. The highest BCUT2D eigenvalue weighted by Crippen LogP contribution is 2.33. The van der Waals surface area contributed by atoms with E-state index in [0.29, 0.717) is 13.1 Å². The van der Waals surface area contributed by atoms with Crippen LogP contribution in [0.25, 0.3) is 0 Å². The maximum absolute atomic E-state index is 12.9. The molecule has 1 aliphatic carbocycles. The topological polar surface area (TPSA) is 107 Å². The van der Waals surface area contributed by atoms with Gasteiger partial charge in [0.1, 0.15) is 0 Å². The Labute approximate surface area is 226 Å². The summed E-state index contributed by atoms with van der Waals surface area (Å²) in [5.41, 5.74) is -0.703. The monoisotopic (exact) mass is 547 g/mol. The molecule has 0 unspecified atom stereocenters. The van der Waals surface area contributed by atoms with Crippen LogP contribution in [-0.2, 0) is 17.4 Å². The molecule has 1 atom stereocenters. The Hall–Kier alpha value is -3.05. The van der Waals surface area contributed by atoms with Crippen molar-refractivity contribution in [3.63, 3.8) is 0 Å². The smallest absolute Gasteiger partial charge is 0.390 e. The molecule has 2 aliphatic rings. The Kier molecular flexibility index (Phi) is 9.55. The quantitative estimate of drug-likeness (QED) is 0.393. The van der Waals surface area contributed by atoms with E-state index in [1.54, 1.807) is 11.1 Å². The van der Waals surface area contributed by atoms with E-state index in [1.165, 1.54) is 12.1 Å². The van der Waals surface area contributed by atoms with Gasteiger partial charge in [-0.3, -0.25) is 9.59 Å². The predicted molar refractivity (Wildman–Crippen MR) is 139 cm³/mol. The highest BCUT2D eigenvalue weighted by Gasteiger charge is 2.35. The van der Waals surface area contributed by atoms with Gasteiger partial charge in [0.2, 0.25) is 5.91 Å². The first-order valence-corrected chi connectivity index (χ1v) is 13.6. The zero-order valence-corrected chi connectivity index (χ0v) is 21.9. The Morgan fingerprint density at radius 3 is 2.59 bits per heavy atom. The van der Waals surface area contributed by atoms with Crippen LogP contribution in [-0.4, -0.2) is 69.3 Å². The second kappa shape index (κ2) is 12.9. The van der Waals surface area contributed by atoms with Gasteiger partial charge in [0.15, 0.2) is 0 Å². The first kappa shape index (κ1) is 28.9. The Balaban J connectivity index is 1.13. The number of halogens is 3. The summed E-state index contributed by atoms with van der Waals surface area (Å²) in [6, 6.07) is 8.40. The third kappa shape index (κ3) is 8.47. The van der Waals surface area contributed by atoms with E-state index in [9.17, 15) is 27.9 Å². The molecule has 1 aromatic carbocycles. The zero-order valence-electron chi connectivity index (χ0n) is 21.9. The molecule has 0 radical (unpaired) electrons. The molecule has 1 aliphatic heterocycles. The van der Waals surface area contributed by atoms with Gasteiger partial charge < -0.3 is 20.6 Å². The van der Waals surface area contributed by atoms with Gasteiger partial charge in [0, 0.05) is 36.9 Å². The summed E-state index contributed by atoms with van der Waals surface area (Å²) in [7, 11) is 0. The minimum Gasteiger partial charge on any atom is -0.390 e. The standard InChI is InChI=1S/C28H36F3N5O3/c29-28(30,31)21-6-3-5-20(17-21)26(38)32-18-25(37)36-16-11-24(19-36)34-22-9-13-27(39,14-10-22)12-2-1-7-23-8-4-15-33-35-23/h3-6,8,15,17,22,24,34,39H,1-2,7,9-14,16,18-19H2,(H,32,38)/t22?,24-,27?/m0/s1. The van der Waals surface area contributed by atoms with Crippen LogP contribution in [0.2, 0.25) is 0 Å². The van der Waals surface area contributed by atoms with Crippen molar-refractivity contribution in [1.82, 2.24) is 25.7 Å². The number of amides is 2. The molecule has 2 heterocycles. The molecular formula is C28H36F3N5O3. The molecule has 212 valence electrons. The second-order valence-corrected chi connectivity index (χ2v) is 10.7. The summed E-state index contributed by atoms with van der Waals surface area (Å²) < 4.78 is 38.7. The molecule has 4 rings (SSSR count). The number of carbonyl (C=O) groups is 2. The molecule has 0 bridgehead atoms. The van der Waals surface area contributed by atoms with Gasteiger partial charge in [-0.2, -0.15) is 23.4 Å². The first-order valence-electron chi connectivity index (χ1n) is 13.6. The molecule has 1 saturated carbocycles. The molecular weight excluding hydrogens is 511 g/mol. The van der Waals surface area contributed by atoms with E-state index >= 15 is 0 Å². The minimum atomic E-state index is -4.54. The minimum absolute atomic E-state index is 0.135. The number of nitrogens with zero attached hydrogens (tertiary/aromatic N) is 3. The van der Waals surface area contributed by atoms with Crippen molar-refractivity contribution in [3.8, 4) is 0 Å². The van der Waals surface area contributed by atoms with Crippen LogP contribution in [0.4, 0.5) is 13.2 Å². The molecule has 8 nitrogen and oxygen atoms in total. The number of hydrogen-bond donors (Lipinski definition) is 3. The van der Waals surface area contributed by atoms with Crippen LogP contribution < -0.4 is 10.6 Å². The van der Waals surface area contributed by atoms with E-state index < -0.39 is 23.2 Å². The van der Waals surface area contributed by atoms with Crippen molar-refractivity contribution in [1.29, 1.82) is 0 Å². The van der Waals surface area contributed by atoms with Gasteiger partial charge in [-0.15, -0.1) is 0 Å². The van der Waals surface area contributed by atoms with Gasteiger partial charge in [0.25, 0.3) is 5.91 Å². The van der Waals surface area contributed by atoms with E-state index in [2.05, 4.69) is 20.8 Å². The number of aliphatic hydroxyl groups is 1. The Morgan fingerprint density at radius 2 is 1.87 bits per heavy atom. The molecule has 1 aromatic heterocycles. The average molecular weight is 548 g/mol. The number of rotatable bonds is 10. The van der Waals surface area contributed by atoms with Crippen molar-refractivity contribution in [2.75, 3.05) is 19.6 Å². The van der Waals surface area contributed by atoms with Gasteiger partial charge in [-0.05, 0) is 81.7 Å². The summed E-state index contributed by atoms with van der Waals surface area (Å²) >= 11 is 0. The summed E-state index contributed by atoms with van der Waals surface area (Å²) in [5.74, 6) is -0.981. The number of alkyl halides is 3. The van der Waals surface area contributed by atoms with Crippen LogP contribution in [0.5, 0.6) is 0 Å². The number of aromatic nitrogens is 2. The van der Waals surface area contributed by atoms with Gasteiger partial charge >= 0.3 is 6.18 Å². The fraction of sp³-hybridized carbons (Fsp3) is 0.571. The van der Waals surface area contributed by atoms with E-state index in [-0.39, 0.29) is 30.1 Å². The largest absolute Gasteiger partial charge is 0.416 e. The maximum Gasteiger partial charge on any atom is 0.416 e. The third-order valence-corrected chi connectivity index (χ3v) is 7.73. The lowest BCUT2D eigenvalue weighted by Gasteiger charge is -2.37. The predicted octanol–water partition coefficient (Wildman–Crippen LogP) is 3.50. The SMILES string of the molecule is O=C(NCC(=O)N1CC[C@H](NC2CCC(O)(CCCCc3cccnn3)CC2)C1)c1cccc(C(F)(F)F)c1. The van der Waals surface area contributed by atoms with Gasteiger partial charge in [-0.25, -0.2) is 0 Å². The van der Waals surface area contributed by atoms with Gasteiger partial charge in [-0.1, -0.05) is 12.5 Å². The van der Waals surface area contributed by atoms with Gasteiger partial charge in [0.05, 0.1) is 23.4 Å². The van der Waals surface area contributed by atoms with E-state index in [4.69, 9.17) is 0 Å². The maximum atomic E-state index is 12.9. The van der Waals surface area contributed by atoms with E-state index in [1.807, 2.05) is 12.1 Å². The Morgan fingerprint density at radius 1 is 1.08 bits per heavy atom. The van der Waals surface area contributed by atoms with Crippen LogP contribution in [0.3, 0.4) is 0 Å². The number of nitrogens with one attached hydrogen (secondary N) is 2. The summed E-state index contributed by atoms with van der Waals surface area (Å²) in [6.45, 7) is 0.800. The number of unbranched alkanes of at least 4 members (excludes halogenated alkanes) is 1. The molecule has 1 saturated heterocycles. The molecule has 11 heteroatoms. The van der Waals surface area contributed by atoms with Crippen LogP contribution in [0.1, 0.15) is 73.0 Å². The zero-order chi connectivity index (χ0) is 27.9. The number of carbonyl (C=O) groups excluding carboxylic acids is 2. The summed E-state index contributed by atoms with van der Waals surface area (Å²) in [6.07, 6.45) is 4.68. The third-order valence-electron chi connectivity index (χ3n) is 7.73.